The van der Waals surface area contributed by atoms with E-state index in [-0.39, 0.29) is 11.8 Å². The first kappa shape index (κ1) is 22.6. The number of nitrogens with zero attached hydrogens (tertiary/aromatic N) is 1. The van der Waals surface area contributed by atoms with Gasteiger partial charge in [-0.1, -0.05) is 54.6 Å². The molecule has 5 nitrogen and oxygen atoms in total. The molecule has 4 aromatic rings. The number of rotatable bonds is 8. The Bertz CT molecular complexity index is 1240. The minimum Gasteiger partial charge on any atom is -0.497 e. The highest BCUT2D eigenvalue weighted by atomic mass is 32.1. The number of carbonyl (C=O) groups excluding carboxylic acids is 2. The molecule has 1 heterocycles. The number of carbonyl (C=O) groups is 2. The van der Waals surface area contributed by atoms with E-state index in [1.165, 1.54) is 11.3 Å². The lowest BCUT2D eigenvalue weighted by Gasteiger charge is -2.25. The van der Waals surface area contributed by atoms with Gasteiger partial charge in [0.05, 0.1) is 12.0 Å². The van der Waals surface area contributed by atoms with Gasteiger partial charge in [0.1, 0.15) is 11.8 Å². The Morgan fingerprint density at radius 2 is 1.70 bits per heavy atom. The molecule has 0 saturated carbocycles. The van der Waals surface area contributed by atoms with Crippen LogP contribution in [0.3, 0.4) is 0 Å². The number of likely N-dealkylation sites (N-methyl/N-ethyl adjacent to an activating group) is 1. The smallest absolute Gasteiger partial charge is 0.262 e. The fourth-order valence-corrected chi connectivity index (χ4v) is 4.43. The summed E-state index contributed by atoms with van der Waals surface area (Å²) in [5.41, 5.74) is 2.02. The van der Waals surface area contributed by atoms with Crippen molar-refractivity contribution in [2.24, 2.45) is 0 Å². The number of nitrogens with one attached hydrogen (secondary N) is 1. The SMILES string of the molecule is COc1ccc2cc(CN(C)C(=O)C(Cc3ccccc3)NC(=O)c3cccs3)ccc2c1. The van der Waals surface area contributed by atoms with Gasteiger partial charge in [0, 0.05) is 20.0 Å². The van der Waals surface area contributed by atoms with E-state index in [4.69, 9.17) is 4.74 Å². The molecule has 0 bridgehead atoms. The molecule has 0 spiro atoms. The standard InChI is InChI=1S/C27H26N2O3S/c1-29(18-20-10-11-22-17-23(32-2)13-12-21(22)15-20)27(31)24(16-19-7-4-3-5-8-19)28-26(30)25-9-6-14-33-25/h3-15,17,24H,16,18H2,1-2H3,(H,28,30). The monoisotopic (exact) mass is 458 g/mol. The summed E-state index contributed by atoms with van der Waals surface area (Å²) in [6.45, 7) is 0.445. The summed E-state index contributed by atoms with van der Waals surface area (Å²) in [6, 6.07) is 24.7. The zero-order chi connectivity index (χ0) is 23.2. The number of benzene rings is 3. The van der Waals surface area contributed by atoms with Crippen LogP contribution in [0.1, 0.15) is 20.8 Å². The minimum absolute atomic E-state index is 0.126. The predicted molar refractivity (Wildman–Crippen MR) is 133 cm³/mol. The highest BCUT2D eigenvalue weighted by molar-refractivity contribution is 7.12. The van der Waals surface area contributed by atoms with E-state index in [0.717, 1.165) is 27.6 Å². The van der Waals surface area contributed by atoms with Crippen molar-refractivity contribution in [3.05, 3.63) is 100 Å². The number of methoxy groups -OCH3 is 1. The summed E-state index contributed by atoms with van der Waals surface area (Å²) in [7, 11) is 3.43. The molecule has 6 heteroatoms. The predicted octanol–water partition coefficient (Wildman–Crippen LogP) is 4.91. The molecule has 0 fully saturated rings. The first-order valence-electron chi connectivity index (χ1n) is 10.7. The van der Waals surface area contributed by atoms with E-state index in [9.17, 15) is 9.59 Å². The fraction of sp³-hybridized carbons (Fsp3) is 0.185. The van der Waals surface area contributed by atoms with Crippen LogP contribution in [0, 0.1) is 0 Å². The van der Waals surface area contributed by atoms with Gasteiger partial charge in [-0.25, -0.2) is 0 Å². The van der Waals surface area contributed by atoms with E-state index in [0.29, 0.717) is 17.8 Å². The average molecular weight is 459 g/mol. The lowest BCUT2D eigenvalue weighted by molar-refractivity contribution is -0.132. The van der Waals surface area contributed by atoms with E-state index in [2.05, 4.69) is 11.4 Å². The van der Waals surface area contributed by atoms with Crippen molar-refractivity contribution < 1.29 is 14.3 Å². The first-order valence-corrected chi connectivity index (χ1v) is 11.6. The Labute approximate surface area is 197 Å². The van der Waals surface area contributed by atoms with Gasteiger partial charge in [-0.2, -0.15) is 0 Å². The molecule has 0 aliphatic heterocycles. The van der Waals surface area contributed by atoms with E-state index < -0.39 is 6.04 Å². The number of ether oxygens (including phenoxy) is 1. The molecule has 168 valence electrons. The summed E-state index contributed by atoms with van der Waals surface area (Å²) < 4.78 is 5.30. The maximum absolute atomic E-state index is 13.4. The van der Waals surface area contributed by atoms with E-state index in [1.54, 1.807) is 25.1 Å². The Kier molecular flexibility index (Phi) is 7.05. The van der Waals surface area contributed by atoms with Crippen molar-refractivity contribution in [3.63, 3.8) is 0 Å². The molecule has 0 aliphatic rings. The van der Waals surface area contributed by atoms with Crippen LogP contribution in [0.2, 0.25) is 0 Å². The van der Waals surface area contributed by atoms with Crippen LogP contribution in [-0.2, 0) is 17.8 Å². The molecule has 1 atom stereocenters. The molecule has 1 N–H and O–H groups in total. The molecule has 2 amide bonds. The van der Waals surface area contributed by atoms with Crippen LogP contribution >= 0.6 is 11.3 Å². The van der Waals surface area contributed by atoms with Crippen LogP contribution in [0.5, 0.6) is 5.75 Å². The number of thiophene rings is 1. The van der Waals surface area contributed by atoms with Crippen LogP contribution < -0.4 is 10.1 Å². The summed E-state index contributed by atoms with van der Waals surface area (Å²) in [5, 5.41) is 6.96. The van der Waals surface area contributed by atoms with Gasteiger partial charge in [0.2, 0.25) is 5.91 Å². The van der Waals surface area contributed by atoms with Crippen molar-refractivity contribution in [2.75, 3.05) is 14.2 Å². The van der Waals surface area contributed by atoms with Gasteiger partial charge < -0.3 is 15.0 Å². The highest BCUT2D eigenvalue weighted by Gasteiger charge is 2.25. The Morgan fingerprint density at radius 3 is 2.42 bits per heavy atom. The zero-order valence-corrected chi connectivity index (χ0v) is 19.5. The molecule has 0 aliphatic carbocycles. The highest BCUT2D eigenvalue weighted by Crippen LogP contribution is 2.22. The average Bonchev–Trinajstić information content (AvgIpc) is 3.38. The molecular formula is C27H26N2O3S. The van der Waals surface area contributed by atoms with E-state index in [1.807, 2.05) is 72.1 Å². The van der Waals surface area contributed by atoms with Crippen molar-refractivity contribution >= 4 is 33.9 Å². The maximum Gasteiger partial charge on any atom is 0.262 e. The number of amides is 2. The maximum atomic E-state index is 13.4. The lowest BCUT2D eigenvalue weighted by atomic mass is 10.0. The first-order chi connectivity index (χ1) is 16.0. The van der Waals surface area contributed by atoms with Gasteiger partial charge in [0.15, 0.2) is 0 Å². The third-order valence-electron chi connectivity index (χ3n) is 5.54. The van der Waals surface area contributed by atoms with Crippen LogP contribution in [-0.4, -0.2) is 36.9 Å². The van der Waals surface area contributed by atoms with Crippen molar-refractivity contribution in [2.45, 2.75) is 19.0 Å². The third kappa shape index (κ3) is 5.59. The van der Waals surface area contributed by atoms with E-state index >= 15 is 0 Å². The van der Waals surface area contributed by atoms with Crippen LogP contribution in [0.4, 0.5) is 0 Å². The lowest BCUT2D eigenvalue weighted by Crippen LogP contribution is -2.48. The molecule has 4 rings (SSSR count). The minimum atomic E-state index is -0.656. The van der Waals surface area contributed by atoms with Crippen molar-refractivity contribution in [3.8, 4) is 5.75 Å². The second kappa shape index (κ2) is 10.3. The molecule has 0 radical (unpaired) electrons. The molecule has 33 heavy (non-hydrogen) atoms. The topological polar surface area (TPSA) is 58.6 Å². The van der Waals surface area contributed by atoms with Gasteiger partial charge in [-0.3, -0.25) is 9.59 Å². The second-order valence-electron chi connectivity index (χ2n) is 7.93. The molecule has 1 unspecified atom stereocenters. The normalized spacial score (nSPS) is 11.7. The molecule has 3 aromatic carbocycles. The summed E-state index contributed by atoms with van der Waals surface area (Å²) >= 11 is 1.36. The van der Waals surface area contributed by atoms with Gasteiger partial charge in [-0.15, -0.1) is 11.3 Å². The number of hydrogen-bond donors (Lipinski definition) is 1. The van der Waals surface area contributed by atoms with Gasteiger partial charge in [-0.05, 0) is 51.5 Å². The molecular weight excluding hydrogens is 432 g/mol. The summed E-state index contributed by atoms with van der Waals surface area (Å²) in [6.07, 6.45) is 0.429. The Balaban J connectivity index is 1.51. The van der Waals surface area contributed by atoms with Gasteiger partial charge >= 0.3 is 0 Å². The fourth-order valence-electron chi connectivity index (χ4n) is 3.80. The quantitative estimate of drug-likeness (QED) is 0.408. The second-order valence-corrected chi connectivity index (χ2v) is 8.88. The molecule has 1 aromatic heterocycles. The summed E-state index contributed by atoms with van der Waals surface area (Å²) in [4.78, 5) is 28.4. The van der Waals surface area contributed by atoms with Crippen LogP contribution in [0.25, 0.3) is 10.8 Å². The Hall–Kier alpha value is -3.64. The summed E-state index contributed by atoms with van der Waals surface area (Å²) in [5.74, 6) is 0.457. The Morgan fingerprint density at radius 1 is 0.939 bits per heavy atom. The van der Waals surface area contributed by atoms with Crippen molar-refractivity contribution in [1.82, 2.24) is 10.2 Å². The number of hydrogen-bond acceptors (Lipinski definition) is 4. The zero-order valence-electron chi connectivity index (χ0n) is 18.7. The number of fused-ring (bicyclic) bond motifs is 1. The third-order valence-corrected chi connectivity index (χ3v) is 6.41. The van der Waals surface area contributed by atoms with Gasteiger partial charge in [0.25, 0.3) is 5.91 Å². The largest absolute Gasteiger partial charge is 0.497 e. The van der Waals surface area contributed by atoms with Crippen molar-refractivity contribution in [1.29, 1.82) is 0 Å². The molecule has 0 saturated heterocycles. The van der Waals surface area contributed by atoms with Crippen LogP contribution in [0.15, 0.2) is 84.2 Å².